The number of likely N-dealkylation sites (N-methyl/N-ethyl adjacent to an activating group) is 1. The molecule has 0 fully saturated rings. The molecule has 2 rings (SSSR count). The Balaban J connectivity index is 1.83. The zero-order chi connectivity index (χ0) is 16.8. The third-order valence-electron chi connectivity index (χ3n) is 4.01. The van der Waals surface area contributed by atoms with E-state index in [1.807, 2.05) is 57.3 Å². The monoisotopic (exact) mass is 317 g/mol. The van der Waals surface area contributed by atoms with Crippen molar-refractivity contribution in [1.29, 1.82) is 0 Å². The highest BCUT2D eigenvalue weighted by atomic mass is 16.5. The Morgan fingerprint density at radius 1 is 1.26 bits per heavy atom. The number of furan rings is 1. The average molecular weight is 317 g/mol. The van der Waals surface area contributed by atoms with Gasteiger partial charge in [-0.15, -0.1) is 0 Å². The summed E-state index contributed by atoms with van der Waals surface area (Å²) in [6, 6.07) is 11.4. The molecule has 1 amide bonds. The van der Waals surface area contributed by atoms with Crippen molar-refractivity contribution >= 4 is 5.91 Å². The van der Waals surface area contributed by atoms with Crippen LogP contribution in [0.15, 0.2) is 40.8 Å². The number of carbonyl (C=O) groups excluding carboxylic acids is 1. The zero-order valence-corrected chi connectivity index (χ0v) is 14.2. The zero-order valence-electron chi connectivity index (χ0n) is 14.2. The minimum absolute atomic E-state index is 0.0293. The van der Waals surface area contributed by atoms with Gasteiger partial charge < -0.3 is 19.4 Å². The van der Waals surface area contributed by atoms with E-state index < -0.39 is 0 Å². The van der Waals surface area contributed by atoms with Crippen molar-refractivity contribution in [1.82, 2.24) is 5.32 Å². The molecule has 23 heavy (non-hydrogen) atoms. The number of rotatable bonds is 7. The molecule has 0 radical (unpaired) electrons. The second-order valence-electron chi connectivity index (χ2n) is 5.82. The molecule has 1 heterocycles. The lowest BCUT2D eigenvalue weighted by Crippen LogP contribution is -3.12. The second kappa shape index (κ2) is 7.83. The quantitative estimate of drug-likeness (QED) is 0.810. The number of hydrogen-bond donors (Lipinski definition) is 2. The first-order valence-corrected chi connectivity index (χ1v) is 7.78. The van der Waals surface area contributed by atoms with E-state index in [9.17, 15) is 4.79 Å². The first-order chi connectivity index (χ1) is 11.0. The maximum atomic E-state index is 12.3. The number of hydrogen-bond acceptors (Lipinski definition) is 3. The minimum atomic E-state index is -0.154. The number of aryl methyl sites for hydroxylation is 1. The molecule has 124 valence electrons. The normalized spacial score (nSPS) is 13.4. The Hall–Kier alpha value is -2.27. The predicted octanol–water partition coefficient (Wildman–Crippen LogP) is 1.32. The summed E-state index contributed by atoms with van der Waals surface area (Å²) in [5.74, 6) is 2.63. The molecule has 0 aliphatic carbocycles. The van der Waals surface area contributed by atoms with Gasteiger partial charge in [0.25, 0.3) is 5.91 Å². The Morgan fingerprint density at radius 2 is 1.96 bits per heavy atom. The summed E-state index contributed by atoms with van der Waals surface area (Å²) in [6.45, 7) is 5.05. The summed E-state index contributed by atoms with van der Waals surface area (Å²) in [4.78, 5) is 13.4. The van der Waals surface area contributed by atoms with E-state index in [0.717, 1.165) is 27.7 Å². The summed E-state index contributed by atoms with van der Waals surface area (Å²) in [7, 11) is 3.63. The van der Waals surface area contributed by atoms with Crippen LogP contribution in [0.5, 0.6) is 5.75 Å². The third kappa shape index (κ3) is 4.86. The summed E-state index contributed by atoms with van der Waals surface area (Å²) in [5, 5.41) is 2.98. The van der Waals surface area contributed by atoms with E-state index in [4.69, 9.17) is 9.15 Å². The van der Waals surface area contributed by atoms with Crippen LogP contribution in [0.1, 0.15) is 24.0 Å². The van der Waals surface area contributed by atoms with E-state index in [1.165, 1.54) is 0 Å². The van der Waals surface area contributed by atoms with Crippen LogP contribution in [0.2, 0.25) is 0 Å². The van der Waals surface area contributed by atoms with Gasteiger partial charge in [0.2, 0.25) is 0 Å². The third-order valence-corrected chi connectivity index (χ3v) is 4.01. The number of ether oxygens (including phenoxy) is 1. The van der Waals surface area contributed by atoms with Crippen LogP contribution in [0.3, 0.4) is 0 Å². The SMILES string of the molecule is COc1ccc(CNC(=O)[C@@H](C)[NH+](C)Cc2ccc(C)o2)cc1. The lowest BCUT2D eigenvalue weighted by molar-refractivity contribution is -0.909. The van der Waals surface area contributed by atoms with Crippen molar-refractivity contribution in [3.05, 3.63) is 53.5 Å². The number of quaternary nitrogens is 1. The fraction of sp³-hybridized carbons (Fsp3) is 0.389. The van der Waals surface area contributed by atoms with Crippen molar-refractivity contribution in [3.63, 3.8) is 0 Å². The number of carbonyl (C=O) groups is 1. The highest BCUT2D eigenvalue weighted by Crippen LogP contribution is 2.10. The van der Waals surface area contributed by atoms with Crippen LogP contribution in [0.25, 0.3) is 0 Å². The van der Waals surface area contributed by atoms with E-state index in [2.05, 4.69) is 5.32 Å². The van der Waals surface area contributed by atoms with Gasteiger partial charge in [0.05, 0.1) is 14.2 Å². The fourth-order valence-electron chi connectivity index (χ4n) is 2.32. The van der Waals surface area contributed by atoms with Gasteiger partial charge in [-0.05, 0) is 43.7 Å². The standard InChI is InChI=1S/C18H24N2O3/c1-13-5-8-17(23-13)12-20(3)14(2)18(21)19-11-15-6-9-16(22-4)10-7-15/h5-10,14H,11-12H2,1-4H3,(H,19,21)/p+1/t14-/m1/s1. The molecular weight excluding hydrogens is 292 g/mol. The van der Waals surface area contributed by atoms with E-state index in [-0.39, 0.29) is 11.9 Å². The molecule has 2 N–H and O–H groups in total. The van der Waals surface area contributed by atoms with E-state index in [0.29, 0.717) is 13.1 Å². The highest BCUT2D eigenvalue weighted by molar-refractivity contribution is 5.79. The Kier molecular flexibility index (Phi) is 5.82. The molecular formula is C18H25N2O3+. The number of nitrogens with one attached hydrogen (secondary N) is 2. The van der Waals surface area contributed by atoms with Crippen LogP contribution in [0.4, 0.5) is 0 Å². The van der Waals surface area contributed by atoms with Crippen molar-refractivity contribution < 1.29 is 18.8 Å². The molecule has 5 heteroatoms. The molecule has 5 nitrogen and oxygen atoms in total. The number of benzene rings is 1. The lowest BCUT2D eigenvalue weighted by atomic mass is 10.2. The average Bonchev–Trinajstić information content (AvgIpc) is 2.97. The van der Waals surface area contributed by atoms with Gasteiger partial charge in [0.1, 0.15) is 18.1 Å². The number of amides is 1. The van der Waals surface area contributed by atoms with Crippen LogP contribution in [-0.4, -0.2) is 26.1 Å². The molecule has 2 atom stereocenters. The van der Waals surface area contributed by atoms with Gasteiger partial charge in [-0.25, -0.2) is 0 Å². The predicted molar refractivity (Wildman–Crippen MR) is 88.3 cm³/mol. The molecule has 0 aliphatic heterocycles. The maximum Gasteiger partial charge on any atom is 0.278 e. The van der Waals surface area contributed by atoms with Gasteiger partial charge >= 0.3 is 0 Å². The molecule has 0 bridgehead atoms. The van der Waals surface area contributed by atoms with E-state index >= 15 is 0 Å². The molecule has 2 aromatic rings. The molecule has 1 aromatic heterocycles. The van der Waals surface area contributed by atoms with Crippen molar-refractivity contribution in [3.8, 4) is 5.75 Å². The summed E-state index contributed by atoms with van der Waals surface area (Å²) in [5.41, 5.74) is 1.05. The van der Waals surface area contributed by atoms with Crippen LogP contribution >= 0.6 is 0 Å². The lowest BCUT2D eigenvalue weighted by Gasteiger charge is -2.20. The topological polar surface area (TPSA) is 55.9 Å². The van der Waals surface area contributed by atoms with Gasteiger partial charge in [-0.2, -0.15) is 0 Å². The largest absolute Gasteiger partial charge is 0.497 e. The molecule has 1 unspecified atom stereocenters. The first-order valence-electron chi connectivity index (χ1n) is 7.78. The Labute approximate surface area is 137 Å². The minimum Gasteiger partial charge on any atom is -0.497 e. The van der Waals surface area contributed by atoms with E-state index in [1.54, 1.807) is 7.11 Å². The van der Waals surface area contributed by atoms with Gasteiger partial charge in [0.15, 0.2) is 11.8 Å². The maximum absolute atomic E-state index is 12.3. The number of methoxy groups -OCH3 is 1. The van der Waals surface area contributed by atoms with Crippen LogP contribution < -0.4 is 15.0 Å². The van der Waals surface area contributed by atoms with Crippen LogP contribution in [0, 0.1) is 6.92 Å². The Bertz CT molecular complexity index is 634. The van der Waals surface area contributed by atoms with Crippen molar-refractivity contribution in [2.75, 3.05) is 14.2 Å². The molecule has 0 saturated carbocycles. The van der Waals surface area contributed by atoms with Crippen LogP contribution in [-0.2, 0) is 17.9 Å². The smallest absolute Gasteiger partial charge is 0.278 e. The second-order valence-corrected chi connectivity index (χ2v) is 5.82. The first kappa shape index (κ1) is 17.1. The fourth-order valence-corrected chi connectivity index (χ4v) is 2.32. The van der Waals surface area contributed by atoms with Crippen molar-refractivity contribution in [2.24, 2.45) is 0 Å². The Morgan fingerprint density at radius 3 is 2.52 bits per heavy atom. The summed E-state index contributed by atoms with van der Waals surface area (Å²) < 4.78 is 10.7. The molecule has 0 saturated heterocycles. The molecule has 1 aromatic carbocycles. The van der Waals surface area contributed by atoms with Gasteiger partial charge in [0, 0.05) is 6.54 Å². The highest BCUT2D eigenvalue weighted by Gasteiger charge is 2.22. The van der Waals surface area contributed by atoms with Crippen molar-refractivity contribution in [2.45, 2.75) is 33.0 Å². The molecule has 0 aliphatic rings. The summed E-state index contributed by atoms with van der Waals surface area (Å²) >= 11 is 0. The van der Waals surface area contributed by atoms with Gasteiger partial charge in [-0.3, -0.25) is 4.79 Å². The molecule has 0 spiro atoms. The van der Waals surface area contributed by atoms with Gasteiger partial charge in [-0.1, -0.05) is 12.1 Å². The summed E-state index contributed by atoms with van der Waals surface area (Å²) in [6.07, 6.45) is 0.